The van der Waals surface area contributed by atoms with Gasteiger partial charge >= 0.3 is 0 Å². The minimum Gasteiger partial charge on any atom is -0.336 e. The van der Waals surface area contributed by atoms with Gasteiger partial charge in [-0.05, 0) is 29.7 Å². The van der Waals surface area contributed by atoms with Crippen LogP contribution < -0.4 is 5.84 Å². The summed E-state index contributed by atoms with van der Waals surface area (Å²) in [4.78, 5) is 0. The zero-order valence-electron chi connectivity index (χ0n) is 12.5. The van der Waals surface area contributed by atoms with Crippen molar-refractivity contribution in [2.75, 3.05) is 5.84 Å². The van der Waals surface area contributed by atoms with E-state index >= 15 is 0 Å². The van der Waals surface area contributed by atoms with Gasteiger partial charge in [0, 0.05) is 16.6 Å². The molecule has 0 aliphatic carbocycles. The number of thioether (sulfide) groups is 1. The Hall–Kier alpha value is -1.79. The Bertz CT molecular complexity index is 773. The number of aromatic nitrogens is 3. The molecule has 3 rings (SSSR count). The topological polar surface area (TPSA) is 56.7 Å². The zero-order valence-corrected chi connectivity index (χ0v) is 14.9. The summed E-state index contributed by atoms with van der Waals surface area (Å²) < 4.78 is 2.68. The molecule has 0 aliphatic heterocycles. The lowest BCUT2D eigenvalue weighted by molar-refractivity contribution is 0.767. The average molecular weight is 389 g/mol. The maximum atomic E-state index is 6.12. The number of aryl methyl sites for hydroxylation is 2. The van der Waals surface area contributed by atoms with Gasteiger partial charge in [-0.3, -0.25) is 0 Å². The fourth-order valence-corrected chi connectivity index (χ4v) is 3.52. The molecule has 6 heteroatoms. The summed E-state index contributed by atoms with van der Waals surface area (Å²) in [6.07, 6.45) is 1.69. The molecule has 1 heterocycles. The molecule has 4 nitrogen and oxygen atoms in total. The second-order valence-electron chi connectivity index (χ2n) is 5.17. The predicted molar refractivity (Wildman–Crippen MR) is 97.7 cm³/mol. The van der Waals surface area contributed by atoms with E-state index in [0.29, 0.717) is 0 Å². The van der Waals surface area contributed by atoms with Crippen LogP contribution in [0.1, 0.15) is 17.0 Å². The minimum absolute atomic E-state index is 0.744. The second kappa shape index (κ2) is 7.66. The number of nitrogens with zero attached hydrogens (tertiary/aromatic N) is 3. The smallest absolute Gasteiger partial charge is 0.210 e. The third kappa shape index (κ3) is 4.36. The molecule has 0 radical (unpaired) electrons. The second-order valence-corrected chi connectivity index (χ2v) is 7.03. The van der Waals surface area contributed by atoms with Gasteiger partial charge in [0.05, 0.1) is 0 Å². The molecule has 2 aromatic carbocycles. The quantitative estimate of drug-likeness (QED) is 0.514. The van der Waals surface area contributed by atoms with Crippen molar-refractivity contribution in [2.24, 2.45) is 0 Å². The van der Waals surface area contributed by atoms with Crippen LogP contribution in [-0.4, -0.2) is 14.9 Å². The first-order chi connectivity index (χ1) is 11.2. The molecule has 0 saturated carbocycles. The molecule has 3 aromatic rings. The van der Waals surface area contributed by atoms with Crippen LogP contribution in [0.5, 0.6) is 0 Å². The molecule has 0 atom stereocenters. The largest absolute Gasteiger partial charge is 0.336 e. The Morgan fingerprint density at radius 3 is 2.52 bits per heavy atom. The van der Waals surface area contributed by atoms with Gasteiger partial charge in [-0.25, -0.2) is 4.68 Å². The number of nitrogens with two attached hydrogens (primary N) is 1. The number of hydrogen-bond acceptors (Lipinski definition) is 4. The Balaban J connectivity index is 1.60. The number of rotatable bonds is 6. The monoisotopic (exact) mass is 388 g/mol. The molecule has 0 amide bonds. The summed E-state index contributed by atoms with van der Waals surface area (Å²) in [6, 6.07) is 18.6. The molecule has 118 valence electrons. The summed E-state index contributed by atoms with van der Waals surface area (Å²) in [5.41, 5.74) is 2.50. The molecule has 0 spiro atoms. The molecule has 0 unspecified atom stereocenters. The lowest BCUT2D eigenvalue weighted by atomic mass is 10.1. The van der Waals surface area contributed by atoms with Crippen LogP contribution in [0.25, 0.3) is 0 Å². The Labute approximate surface area is 148 Å². The van der Waals surface area contributed by atoms with Gasteiger partial charge in [0.1, 0.15) is 0 Å². The molecule has 0 saturated heterocycles. The highest BCUT2D eigenvalue weighted by Gasteiger charge is 2.10. The van der Waals surface area contributed by atoms with E-state index in [2.05, 4.69) is 50.4 Å². The van der Waals surface area contributed by atoms with Gasteiger partial charge in [-0.2, -0.15) is 0 Å². The summed E-state index contributed by atoms with van der Waals surface area (Å²) >= 11 is 5.08. The van der Waals surface area contributed by atoms with Crippen LogP contribution in [0.3, 0.4) is 0 Å². The zero-order chi connectivity index (χ0) is 16.1. The van der Waals surface area contributed by atoms with Crippen LogP contribution in [0.2, 0.25) is 0 Å². The third-order valence-corrected chi connectivity index (χ3v) is 4.98. The predicted octanol–water partition coefficient (Wildman–Crippen LogP) is 3.83. The Morgan fingerprint density at radius 2 is 1.74 bits per heavy atom. The van der Waals surface area contributed by atoms with E-state index in [-0.39, 0.29) is 0 Å². The summed E-state index contributed by atoms with van der Waals surface area (Å²) in [5.74, 6) is 7.75. The van der Waals surface area contributed by atoms with Crippen molar-refractivity contribution in [1.82, 2.24) is 14.9 Å². The van der Waals surface area contributed by atoms with Gasteiger partial charge in [0.15, 0.2) is 5.82 Å². The first-order valence-corrected chi connectivity index (χ1v) is 9.11. The van der Waals surface area contributed by atoms with Crippen LogP contribution in [0.4, 0.5) is 0 Å². The number of hydrogen-bond donors (Lipinski definition) is 1. The lowest BCUT2D eigenvalue weighted by Gasteiger charge is -2.04. The van der Waals surface area contributed by atoms with Gasteiger partial charge in [0.25, 0.3) is 0 Å². The minimum atomic E-state index is 0.744. The summed E-state index contributed by atoms with van der Waals surface area (Å²) in [6.45, 7) is 0. The Morgan fingerprint density at radius 1 is 0.957 bits per heavy atom. The highest BCUT2D eigenvalue weighted by Crippen LogP contribution is 2.22. The van der Waals surface area contributed by atoms with Gasteiger partial charge in [-0.1, -0.05) is 70.2 Å². The van der Waals surface area contributed by atoms with E-state index in [1.165, 1.54) is 11.1 Å². The van der Waals surface area contributed by atoms with Crippen molar-refractivity contribution in [1.29, 1.82) is 0 Å². The van der Waals surface area contributed by atoms with E-state index < -0.39 is 0 Å². The van der Waals surface area contributed by atoms with Crippen LogP contribution in [0, 0.1) is 0 Å². The number of benzene rings is 2. The molecule has 23 heavy (non-hydrogen) atoms. The van der Waals surface area contributed by atoms with Gasteiger partial charge in [0.2, 0.25) is 5.16 Å². The molecular weight excluding hydrogens is 372 g/mol. The van der Waals surface area contributed by atoms with Crippen LogP contribution in [-0.2, 0) is 18.6 Å². The lowest BCUT2D eigenvalue weighted by Crippen LogP contribution is -2.14. The number of nitrogen functional groups attached to an aromatic ring is 1. The molecule has 0 aliphatic rings. The first-order valence-electron chi connectivity index (χ1n) is 7.33. The molecule has 0 fully saturated rings. The molecular formula is C17H17BrN4S. The fourth-order valence-electron chi connectivity index (χ4n) is 2.25. The van der Waals surface area contributed by atoms with E-state index in [9.17, 15) is 0 Å². The molecule has 0 bridgehead atoms. The third-order valence-electron chi connectivity index (χ3n) is 3.47. The van der Waals surface area contributed by atoms with Crippen molar-refractivity contribution in [3.8, 4) is 0 Å². The summed E-state index contributed by atoms with van der Waals surface area (Å²) in [5, 5.41) is 9.17. The maximum absolute atomic E-state index is 6.12. The van der Waals surface area contributed by atoms with Gasteiger partial charge < -0.3 is 5.84 Å². The molecule has 1 aromatic heterocycles. The maximum Gasteiger partial charge on any atom is 0.210 e. The van der Waals surface area contributed by atoms with Crippen LogP contribution >= 0.6 is 27.7 Å². The van der Waals surface area contributed by atoms with E-state index in [0.717, 1.165) is 34.0 Å². The highest BCUT2D eigenvalue weighted by molar-refractivity contribution is 9.10. The van der Waals surface area contributed by atoms with Gasteiger partial charge in [-0.15, -0.1) is 10.2 Å². The number of halogens is 1. The van der Waals surface area contributed by atoms with E-state index in [1.54, 1.807) is 16.4 Å². The highest BCUT2D eigenvalue weighted by atomic mass is 79.9. The van der Waals surface area contributed by atoms with E-state index in [4.69, 9.17) is 5.84 Å². The molecule has 2 N–H and O–H groups in total. The van der Waals surface area contributed by atoms with Crippen molar-refractivity contribution in [3.63, 3.8) is 0 Å². The standard InChI is InChI=1S/C17H17BrN4S/c18-15-8-4-7-14(11-15)12-23-17-21-20-16(22(17)19)10-9-13-5-2-1-3-6-13/h1-8,11H,9-10,12,19H2. The van der Waals surface area contributed by atoms with Crippen molar-refractivity contribution >= 4 is 27.7 Å². The Kier molecular flexibility index (Phi) is 5.35. The van der Waals surface area contributed by atoms with Crippen LogP contribution in [0.15, 0.2) is 64.2 Å². The normalized spacial score (nSPS) is 10.8. The van der Waals surface area contributed by atoms with Crippen molar-refractivity contribution in [3.05, 3.63) is 76.0 Å². The van der Waals surface area contributed by atoms with E-state index in [1.807, 2.05) is 30.3 Å². The SMILES string of the molecule is Nn1c(CCc2ccccc2)nnc1SCc1cccc(Br)c1. The fraction of sp³-hybridized carbons (Fsp3) is 0.176. The first kappa shape index (κ1) is 16.1. The summed E-state index contributed by atoms with van der Waals surface area (Å²) in [7, 11) is 0. The average Bonchev–Trinajstić information content (AvgIpc) is 2.92. The van der Waals surface area contributed by atoms with Crippen molar-refractivity contribution < 1.29 is 0 Å². The van der Waals surface area contributed by atoms with Crippen molar-refractivity contribution in [2.45, 2.75) is 23.8 Å².